The summed E-state index contributed by atoms with van der Waals surface area (Å²) in [5.74, 6) is -1.16. The monoisotopic (exact) mass is 455 g/mol. The number of nitrogens with one attached hydrogen (secondary N) is 1. The number of thioether (sulfide) groups is 1. The van der Waals surface area contributed by atoms with Crippen LogP contribution >= 0.6 is 11.8 Å². The van der Waals surface area contributed by atoms with Crippen LogP contribution in [0, 0.1) is 0 Å². The van der Waals surface area contributed by atoms with Crippen molar-refractivity contribution in [3.8, 4) is 0 Å². The molecule has 0 saturated heterocycles. The fraction of sp³-hybridized carbons (Fsp3) is 0.304. The standard InChI is InChI=1S/C23H25N3O5S/c1-15-12-20(27)24-17-9-5-6-10-18(17)26(15)21(28)13-31-23(30)16-8-4-7-11-19(16)32-14-22(29)25(2)3/h4-11,15H,12-14H2,1-3H3,(H,24,27). The molecule has 1 aliphatic rings. The molecule has 8 nitrogen and oxygen atoms in total. The first kappa shape index (κ1) is 23.3. The fourth-order valence-electron chi connectivity index (χ4n) is 3.27. The Hall–Kier alpha value is -3.33. The zero-order chi connectivity index (χ0) is 23.3. The van der Waals surface area contributed by atoms with Crippen LogP contribution in [0.1, 0.15) is 23.7 Å². The molecule has 1 atom stereocenters. The normalized spacial score (nSPS) is 15.3. The smallest absolute Gasteiger partial charge is 0.339 e. The molecular formula is C23H25N3O5S. The summed E-state index contributed by atoms with van der Waals surface area (Å²) in [5.41, 5.74) is 1.39. The van der Waals surface area contributed by atoms with Crippen molar-refractivity contribution in [1.82, 2.24) is 4.90 Å². The van der Waals surface area contributed by atoms with Crippen molar-refractivity contribution < 1.29 is 23.9 Å². The van der Waals surface area contributed by atoms with E-state index in [1.54, 1.807) is 69.6 Å². The maximum absolute atomic E-state index is 13.0. The van der Waals surface area contributed by atoms with E-state index in [0.717, 1.165) is 0 Å². The Morgan fingerprint density at radius 2 is 1.81 bits per heavy atom. The number of nitrogens with zero attached hydrogens (tertiary/aromatic N) is 2. The van der Waals surface area contributed by atoms with Crippen LogP contribution in [0.15, 0.2) is 53.4 Å². The van der Waals surface area contributed by atoms with E-state index in [1.165, 1.54) is 21.6 Å². The predicted octanol–water partition coefficient (Wildman–Crippen LogP) is 2.79. The van der Waals surface area contributed by atoms with E-state index in [0.29, 0.717) is 16.3 Å². The summed E-state index contributed by atoms with van der Waals surface area (Å²) < 4.78 is 5.32. The third-order valence-corrected chi connectivity index (χ3v) is 5.97. The number of anilines is 2. The number of rotatable bonds is 6. The van der Waals surface area contributed by atoms with Gasteiger partial charge in [0.05, 0.1) is 22.7 Å². The Bertz CT molecular complexity index is 1040. The highest BCUT2D eigenvalue weighted by molar-refractivity contribution is 8.00. The minimum absolute atomic E-state index is 0.0784. The van der Waals surface area contributed by atoms with Crippen molar-refractivity contribution in [1.29, 1.82) is 0 Å². The molecular weight excluding hydrogens is 430 g/mol. The molecule has 0 spiro atoms. The molecule has 9 heteroatoms. The van der Waals surface area contributed by atoms with Gasteiger partial charge in [0.15, 0.2) is 6.61 Å². The van der Waals surface area contributed by atoms with Gasteiger partial charge < -0.3 is 19.9 Å². The molecule has 32 heavy (non-hydrogen) atoms. The van der Waals surface area contributed by atoms with Gasteiger partial charge in [0.1, 0.15) is 0 Å². The van der Waals surface area contributed by atoms with Gasteiger partial charge in [0, 0.05) is 31.5 Å². The van der Waals surface area contributed by atoms with E-state index in [9.17, 15) is 19.2 Å². The lowest BCUT2D eigenvalue weighted by Gasteiger charge is -2.27. The van der Waals surface area contributed by atoms with Crippen LogP contribution in [-0.2, 0) is 19.1 Å². The summed E-state index contributed by atoms with van der Waals surface area (Å²) in [6.45, 7) is 1.30. The van der Waals surface area contributed by atoms with Crippen molar-refractivity contribution in [3.63, 3.8) is 0 Å². The van der Waals surface area contributed by atoms with Gasteiger partial charge in [-0.1, -0.05) is 24.3 Å². The van der Waals surface area contributed by atoms with E-state index in [4.69, 9.17) is 4.74 Å². The second-order valence-corrected chi connectivity index (χ2v) is 8.55. The molecule has 0 aromatic heterocycles. The highest BCUT2D eigenvalue weighted by Gasteiger charge is 2.30. The fourth-order valence-corrected chi connectivity index (χ4v) is 4.29. The molecule has 1 N–H and O–H groups in total. The lowest BCUT2D eigenvalue weighted by atomic mass is 10.1. The SMILES string of the molecule is CC1CC(=O)Nc2ccccc2N1C(=O)COC(=O)c1ccccc1SCC(=O)N(C)C. The Morgan fingerprint density at radius 3 is 2.56 bits per heavy atom. The molecule has 1 unspecified atom stereocenters. The van der Waals surface area contributed by atoms with Crippen LogP contribution in [0.4, 0.5) is 11.4 Å². The molecule has 1 aliphatic heterocycles. The van der Waals surface area contributed by atoms with Crippen LogP contribution < -0.4 is 10.2 Å². The van der Waals surface area contributed by atoms with Crippen molar-refractivity contribution in [2.75, 3.05) is 36.7 Å². The zero-order valence-corrected chi connectivity index (χ0v) is 19.0. The predicted molar refractivity (Wildman–Crippen MR) is 123 cm³/mol. The van der Waals surface area contributed by atoms with Crippen molar-refractivity contribution in [3.05, 3.63) is 54.1 Å². The second-order valence-electron chi connectivity index (χ2n) is 7.53. The maximum Gasteiger partial charge on any atom is 0.339 e. The average molecular weight is 456 g/mol. The van der Waals surface area contributed by atoms with Crippen LogP contribution in [0.25, 0.3) is 0 Å². The maximum atomic E-state index is 13.0. The molecule has 3 rings (SSSR count). The van der Waals surface area contributed by atoms with Crippen molar-refractivity contribution in [2.24, 2.45) is 0 Å². The molecule has 0 bridgehead atoms. The van der Waals surface area contributed by atoms with Crippen LogP contribution in [0.5, 0.6) is 0 Å². The van der Waals surface area contributed by atoms with Gasteiger partial charge in [-0.3, -0.25) is 14.4 Å². The number of benzene rings is 2. The Morgan fingerprint density at radius 1 is 1.12 bits per heavy atom. The third-order valence-electron chi connectivity index (χ3n) is 4.91. The highest BCUT2D eigenvalue weighted by Crippen LogP contribution is 2.31. The van der Waals surface area contributed by atoms with Crippen molar-refractivity contribution >= 4 is 46.8 Å². The number of amides is 3. The summed E-state index contributed by atoms with van der Waals surface area (Å²) in [5, 5.41) is 2.79. The van der Waals surface area contributed by atoms with Crippen molar-refractivity contribution in [2.45, 2.75) is 24.3 Å². The topological polar surface area (TPSA) is 96.0 Å². The van der Waals surface area contributed by atoms with Crippen LogP contribution in [0.2, 0.25) is 0 Å². The Labute approximate surface area is 190 Å². The molecule has 0 aliphatic carbocycles. The molecule has 168 valence electrons. The number of para-hydroxylation sites is 2. The highest BCUT2D eigenvalue weighted by atomic mass is 32.2. The quantitative estimate of drug-likeness (QED) is 0.532. The van der Waals surface area contributed by atoms with Gasteiger partial charge in [-0.15, -0.1) is 11.8 Å². The Balaban J connectivity index is 1.71. The van der Waals surface area contributed by atoms with Crippen LogP contribution in [0.3, 0.4) is 0 Å². The number of esters is 1. The second kappa shape index (κ2) is 10.3. The molecule has 2 aromatic rings. The van der Waals surface area contributed by atoms with E-state index < -0.39 is 24.5 Å². The molecule has 1 heterocycles. The first-order chi connectivity index (χ1) is 15.3. The number of carbonyl (C=O) groups excluding carboxylic acids is 4. The lowest BCUT2D eigenvalue weighted by Crippen LogP contribution is -2.41. The molecule has 3 amide bonds. The molecule has 0 radical (unpaired) electrons. The molecule has 2 aromatic carbocycles. The largest absolute Gasteiger partial charge is 0.452 e. The van der Waals surface area contributed by atoms with E-state index >= 15 is 0 Å². The summed E-state index contributed by atoms with van der Waals surface area (Å²) in [6.07, 6.45) is 0.133. The third kappa shape index (κ3) is 5.47. The van der Waals surface area contributed by atoms with Gasteiger partial charge in [0.25, 0.3) is 5.91 Å². The number of hydrogen-bond donors (Lipinski definition) is 1. The lowest BCUT2D eigenvalue weighted by molar-refractivity contribution is -0.126. The molecule has 0 saturated carbocycles. The van der Waals surface area contributed by atoms with Gasteiger partial charge in [0.2, 0.25) is 11.8 Å². The van der Waals surface area contributed by atoms with Crippen LogP contribution in [-0.4, -0.2) is 61.1 Å². The number of fused-ring (bicyclic) bond motifs is 1. The summed E-state index contributed by atoms with van der Waals surface area (Å²) >= 11 is 1.24. The summed E-state index contributed by atoms with van der Waals surface area (Å²) in [6, 6.07) is 13.4. The summed E-state index contributed by atoms with van der Waals surface area (Å²) in [4.78, 5) is 53.2. The van der Waals surface area contributed by atoms with Gasteiger partial charge in [-0.25, -0.2) is 4.79 Å². The van der Waals surface area contributed by atoms with Gasteiger partial charge >= 0.3 is 5.97 Å². The van der Waals surface area contributed by atoms with Gasteiger partial charge in [-0.05, 0) is 31.2 Å². The number of hydrogen-bond acceptors (Lipinski definition) is 6. The van der Waals surface area contributed by atoms with E-state index in [1.807, 2.05) is 0 Å². The molecule has 0 fully saturated rings. The number of ether oxygens (including phenoxy) is 1. The zero-order valence-electron chi connectivity index (χ0n) is 18.2. The van der Waals surface area contributed by atoms with Gasteiger partial charge in [-0.2, -0.15) is 0 Å². The minimum Gasteiger partial charge on any atom is -0.452 e. The van der Waals surface area contributed by atoms with E-state index in [-0.39, 0.29) is 29.6 Å². The first-order valence-corrected chi connectivity index (χ1v) is 11.1. The minimum atomic E-state index is -0.649. The average Bonchev–Trinajstić information content (AvgIpc) is 2.89. The number of carbonyl (C=O) groups is 4. The van der Waals surface area contributed by atoms with E-state index in [2.05, 4.69) is 5.32 Å². The summed E-state index contributed by atoms with van der Waals surface area (Å²) in [7, 11) is 3.33. The Kier molecular flexibility index (Phi) is 7.53. The first-order valence-electron chi connectivity index (χ1n) is 10.1.